The maximum atomic E-state index is 12.6. The van der Waals surface area contributed by atoms with Crippen molar-refractivity contribution in [2.45, 2.75) is 26.2 Å². The smallest absolute Gasteiger partial charge is 0.341 e. The van der Waals surface area contributed by atoms with Crippen LogP contribution in [0.1, 0.15) is 35.7 Å². The number of nitrogens with zero attached hydrogens (tertiary/aromatic N) is 1. The lowest BCUT2D eigenvalue weighted by Gasteiger charge is -2.18. The quantitative estimate of drug-likeness (QED) is 0.794. The van der Waals surface area contributed by atoms with Gasteiger partial charge in [0, 0.05) is 18.3 Å². The second-order valence-electron chi connectivity index (χ2n) is 5.84. The maximum absolute atomic E-state index is 12.6. The Hall–Kier alpha value is -2.82. The van der Waals surface area contributed by atoms with Crippen LogP contribution in [0, 0.1) is 0 Å². The molecule has 2 aromatic carbocycles. The minimum absolute atomic E-state index is 0.179. The van der Waals surface area contributed by atoms with Crippen molar-refractivity contribution in [2.24, 2.45) is 0 Å². The number of rotatable bonds is 8. The number of carboxylic acids is 1. The summed E-state index contributed by atoms with van der Waals surface area (Å²) < 4.78 is 5.13. The monoisotopic (exact) mass is 341 g/mol. The number of carbonyl (C=O) groups is 2. The first kappa shape index (κ1) is 18.5. The molecule has 2 aromatic rings. The van der Waals surface area contributed by atoms with Crippen LogP contribution < -0.4 is 9.64 Å². The van der Waals surface area contributed by atoms with Crippen molar-refractivity contribution in [1.82, 2.24) is 0 Å². The molecule has 5 nitrogen and oxygen atoms in total. The van der Waals surface area contributed by atoms with Gasteiger partial charge in [-0.25, -0.2) is 4.79 Å². The zero-order chi connectivity index (χ0) is 18.2. The van der Waals surface area contributed by atoms with Crippen LogP contribution >= 0.6 is 0 Å². The summed E-state index contributed by atoms with van der Waals surface area (Å²) in [5, 5.41) is 8.67. The Morgan fingerprint density at radius 1 is 1.12 bits per heavy atom. The van der Waals surface area contributed by atoms with E-state index in [9.17, 15) is 9.59 Å². The molecule has 5 heteroatoms. The average molecular weight is 341 g/mol. The van der Waals surface area contributed by atoms with Gasteiger partial charge in [0.1, 0.15) is 5.75 Å². The van der Waals surface area contributed by atoms with Crippen LogP contribution in [0.5, 0.6) is 5.75 Å². The number of amides is 1. The molecule has 0 saturated heterocycles. The molecule has 1 amide bonds. The minimum atomic E-state index is -1.06. The highest BCUT2D eigenvalue weighted by molar-refractivity contribution is 6.05. The van der Waals surface area contributed by atoms with E-state index in [2.05, 4.69) is 6.92 Å². The van der Waals surface area contributed by atoms with Crippen LogP contribution in [0.15, 0.2) is 48.5 Å². The van der Waals surface area contributed by atoms with Crippen molar-refractivity contribution < 1.29 is 19.4 Å². The number of hydrogen-bond donors (Lipinski definition) is 1. The van der Waals surface area contributed by atoms with Crippen molar-refractivity contribution in [2.75, 3.05) is 18.6 Å². The minimum Gasteiger partial charge on any atom is -0.482 e. The normalized spacial score (nSPS) is 10.3. The Morgan fingerprint density at radius 2 is 1.84 bits per heavy atom. The molecule has 0 saturated carbocycles. The summed E-state index contributed by atoms with van der Waals surface area (Å²) in [7, 11) is 1.72. The molecular formula is C20H23NO4. The molecule has 0 aromatic heterocycles. The van der Waals surface area contributed by atoms with Gasteiger partial charge in [0.15, 0.2) is 6.61 Å². The van der Waals surface area contributed by atoms with Crippen molar-refractivity contribution in [3.05, 3.63) is 59.7 Å². The van der Waals surface area contributed by atoms with E-state index in [4.69, 9.17) is 9.84 Å². The fourth-order valence-electron chi connectivity index (χ4n) is 2.44. The highest BCUT2D eigenvalue weighted by Gasteiger charge is 2.14. The van der Waals surface area contributed by atoms with Crippen molar-refractivity contribution in [1.29, 1.82) is 0 Å². The van der Waals surface area contributed by atoms with Crippen molar-refractivity contribution in [3.8, 4) is 5.75 Å². The Kier molecular flexibility index (Phi) is 6.57. The predicted molar refractivity (Wildman–Crippen MR) is 97.4 cm³/mol. The molecule has 0 atom stereocenters. The van der Waals surface area contributed by atoms with Crippen molar-refractivity contribution >= 4 is 17.6 Å². The third-order valence-corrected chi connectivity index (χ3v) is 3.89. The van der Waals surface area contributed by atoms with E-state index >= 15 is 0 Å². The molecule has 0 radical (unpaired) electrons. The van der Waals surface area contributed by atoms with Gasteiger partial charge in [0.2, 0.25) is 0 Å². The second-order valence-corrected chi connectivity index (χ2v) is 5.84. The fourth-order valence-corrected chi connectivity index (χ4v) is 2.44. The van der Waals surface area contributed by atoms with E-state index in [1.54, 1.807) is 36.2 Å². The van der Waals surface area contributed by atoms with Gasteiger partial charge in [-0.2, -0.15) is 0 Å². The van der Waals surface area contributed by atoms with E-state index < -0.39 is 12.6 Å². The predicted octanol–water partition coefficient (Wildman–Crippen LogP) is 3.77. The summed E-state index contributed by atoms with van der Waals surface area (Å²) in [5.41, 5.74) is 2.51. The number of ether oxygens (including phenoxy) is 1. The van der Waals surface area contributed by atoms with E-state index in [-0.39, 0.29) is 5.91 Å². The third kappa shape index (κ3) is 5.35. The Morgan fingerprint density at radius 3 is 2.48 bits per heavy atom. The fraction of sp³-hybridized carbons (Fsp3) is 0.300. The topological polar surface area (TPSA) is 66.8 Å². The molecule has 0 aliphatic carbocycles. The number of carboxylic acid groups (broad SMARTS) is 1. The Balaban J connectivity index is 2.08. The van der Waals surface area contributed by atoms with E-state index in [1.165, 1.54) is 5.56 Å². The molecule has 132 valence electrons. The highest BCUT2D eigenvalue weighted by Crippen LogP contribution is 2.20. The van der Waals surface area contributed by atoms with Crippen LogP contribution in [0.25, 0.3) is 0 Å². The van der Waals surface area contributed by atoms with Crippen LogP contribution in [-0.4, -0.2) is 30.6 Å². The van der Waals surface area contributed by atoms with E-state index in [0.29, 0.717) is 11.3 Å². The number of hydrogen-bond acceptors (Lipinski definition) is 3. The van der Waals surface area contributed by atoms with Gasteiger partial charge in [-0.1, -0.05) is 31.5 Å². The number of benzene rings is 2. The summed E-state index contributed by atoms with van der Waals surface area (Å²) in [6.45, 7) is 1.72. The lowest BCUT2D eigenvalue weighted by molar-refractivity contribution is -0.139. The number of aliphatic carboxylic acids is 1. The van der Waals surface area contributed by atoms with Gasteiger partial charge in [-0.05, 0) is 48.7 Å². The van der Waals surface area contributed by atoms with Gasteiger partial charge in [0.05, 0.1) is 0 Å². The van der Waals surface area contributed by atoms with Gasteiger partial charge >= 0.3 is 5.97 Å². The van der Waals surface area contributed by atoms with Crippen LogP contribution in [0.3, 0.4) is 0 Å². The van der Waals surface area contributed by atoms with E-state index in [1.807, 2.05) is 24.3 Å². The largest absolute Gasteiger partial charge is 0.482 e. The molecule has 2 rings (SSSR count). The zero-order valence-electron chi connectivity index (χ0n) is 14.6. The molecule has 0 heterocycles. The first-order valence-electron chi connectivity index (χ1n) is 8.33. The second kappa shape index (κ2) is 8.87. The first-order valence-corrected chi connectivity index (χ1v) is 8.33. The van der Waals surface area contributed by atoms with Gasteiger partial charge in [-0.15, -0.1) is 0 Å². The van der Waals surface area contributed by atoms with Crippen LogP contribution in [0.4, 0.5) is 5.69 Å². The summed E-state index contributed by atoms with van der Waals surface area (Å²) in [4.78, 5) is 24.8. The summed E-state index contributed by atoms with van der Waals surface area (Å²) >= 11 is 0. The lowest BCUT2D eigenvalue weighted by atomic mass is 10.1. The number of aryl methyl sites for hydroxylation is 1. The molecule has 0 fully saturated rings. The highest BCUT2D eigenvalue weighted by atomic mass is 16.5. The summed E-state index contributed by atoms with van der Waals surface area (Å²) in [5.74, 6) is -0.879. The molecular weight excluding hydrogens is 318 g/mol. The third-order valence-electron chi connectivity index (χ3n) is 3.89. The van der Waals surface area contributed by atoms with Gasteiger partial charge in [-0.3, -0.25) is 4.79 Å². The zero-order valence-corrected chi connectivity index (χ0v) is 14.6. The Bertz CT molecular complexity index is 725. The Labute approximate surface area is 147 Å². The molecule has 0 unspecified atom stereocenters. The molecule has 0 aliphatic rings. The molecule has 0 bridgehead atoms. The van der Waals surface area contributed by atoms with Crippen LogP contribution in [-0.2, 0) is 11.2 Å². The molecule has 0 aliphatic heterocycles. The summed E-state index contributed by atoms with van der Waals surface area (Å²) in [6.07, 6.45) is 3.34. The average Bonchev–Trinajstić information content (AvgIpc) is 2.64. The SMILES string of the molecule is CCCCc1ccc(N(C)C(=O)c2cccc(OCC(=O)O)c2)cc1. The summed E-state index contributed by atoms with van der Waals surface area (Å²) in [6, 6.07) is 14.5. The molecule has 25 heavy (non-hydrogen) atoms. The first-order chi connectivity index (χ1) is 12.0. The lowest BCUT2D eigenvalue weighted by Crippen LogP contribution is -2.26. The standard InChI is InChI=1S/C20H23NO4/c1-3-4-6-15-9-11-17(12-10-15)21(2)20(24)16-7-5-8-18(13-16)25-14-19(22)23/h5,7-13H,3-4,6,14H2,1-2H3,(H,22,23). The van der Waals surface area contributed by atoms with Crippen LogP contribution in [0.2, 0.25) is 0 Å². The number of carbonyl (C=O) groups excluding carboxylic acids is 1. The number of unbranched alkanes of at least 4 members (excludes halogenated alkanes) is 1. The number of anilines is 1. The maximum Gasteiger partial charge on any atom is 0.341 e. The van der Waals surface area contributed by atoms with Gasteiger partial charge in [0.25, 0.3) is 5.91 Å². The van der Waals surface area contributed by atoms with E-state index in [0.717, 1.165) is 24.9 Å². The molecule has 1 N–H and O–H groups in total. The van der Waals surface area contributed by atoms with Gasteiger partial charge < -0.3 is 14.7 Å². The van der Waals surface area contributed by atoms with Crippen molar-refractivity contribution in [3.63, 3.8) is 0 Å². The molecule has 0 spiro atoms.